The summed E-state index contributed by atoms with van der Waals surface area (Å²) < 4.78 is 12.3. The van der Waals surface area contributed by atoms with Crippen molar-refractivity contribution < 1.29 is 14.4 Å². The Kier molecular flexibility index (Phi) is 5.67. The monoisotopic (exact) mass is 408 g/mol. The molecule has 4 aromatic rings. The molecule has 2 N–H and O–H groups in total. The number of nitrogens with zero attached hydrogens (tertiary/aromatic N) is 1. The quantitative estimate of drug-likeness (QED) is 0.439. The molecule has 2 heterocycles. The zero-order valence-electron chi connectivity index (χ0n) is 16.5. The van der Waals surface area contributed by atoms with Crippen molar-refractivity contribution in [2.75, 3.05) is 13.2 Å². The predicted molar refractivity (Wildman–Crippen MR) is 116 cm³/mol. The second-order valence-electron chi connectivity index (χ2n) is 7.55. The van der Waals surface area contributed by atoms with Crippen LogP contribution in [0.2, 0.25) is 0 Å². The summed E-state index contributed by atoms with van der Waals surface area (Å²) in [4.78, 5) is 0. The number of hydrogen-bond acceptors (Lipinski definition) is 6. The van der Waals surface area contributed by atoms with Gasteiger partial charge in [-0.1, -0.05) is 47.1 Å². The van der Waals surface area contributed by atoms with E-state index in [0.717, 1.165) is 21.5 Å². The molecule has 0 saturated carbocycles. The zero-order chi connectivity index (χ0) is 20.3. The maximum absolute atomic E-state index is 10.7. The third kappa shape index (κ3) is 4.85. The van der Waals surface area contributed by atoms with Crippen LogP contribution in [-0.4, -0.2) is 29.0 Å². The summed E-state index contributed by atoms with van der Waals surface area (Å²) in [6.07, 6.45) is 0. The molecule has 4 rings (SSSR count). The van der Waals surface area contributed by atoms with Gasteiger partial charge in [0, 0.05) is 18.7 Å². The van der Waals surface area contributed by atoms with E-state index in [2.05, 4.69) is 41.7 Å². The molecule has 0 saturated heterocycles. The van der Waals surface area contributed by atoms with Crippen LogP contribution in [0.5, 0.6) is 5.75 Å². The van der Waals surface area contributed by atoms with E-state index in [1.54, 1.807) is 18.3 Å². The summed E-state index contributed by atoms with van der Waals surface area (Å²) in [5.41, 5.74) is 3.97. The first kappa shape index (κ1) is 19.6. The minimum Gasteiger partial charge on any atom is -0.491 e. The molecule has 0 radical (unpaired) electrons. The highest BCUT2D eigenvalue weighted by Gasteiger charge is 2.21. The molecule has 0 unspecified atom stereocenters. The van der Waals surface area contributed by atoms with Gasteiger partial charge in [0.25, 0.3) is 0 Å². The highest BCUT2D eigenvalue weighted by Crippen LogP contribution is 2.33. The summed E-state index contributed by atoms with van der Waals surface area (Å²) in [6.45, 7) is 5.16. The van der Waals surface area contributed by atoms with Crippen LogP contribution in [0.4, 0.5) is 0 Å². The van der Waals surface area contributed by atoms with Crippen molar-refractivity contribution in [1.29, 1.82) is 0 Å². The zero-order valence-corrected chi connectivity index (χ0v) is 17.3. The van der Waals surface area contributed by atoms with Crippen molar-refractivity contribution in [3.05, 3.63) is 71.1 Å². The minimum atomic E-state index is -0.990. The highest BCUT2D eigenvalue weighted by molar-refractivity contribution is 7.17. The van der Waals surface area contributed by atoms with Crippen LogP contribution in [0.1, 0.15) is 18.1 Å². The Morgan fingerprint density at radius 3 is 2.83 bits per heavy atom. The van der Waals surface area contributed by atoms with Gasteiger partial charge in [-0.2, -0.15) is 0 Å². The van der Waals surface area contributed by atoms with E-state index in [1.165, 1.54) is 11.1 Å². The molecule has 0 aliphatic rings. The van der Waals surface area contributed by atoms with Crippen LogP contribution in [0, 0.1) is 6.92 Å². The van der Waals surface area contributed by atoms with Gasteiger partial charge in [-0.3, -0.25) is 0 Å². The van der Waals surface area contributed by atoms with Gasteiger partial charge in [0.15, 0.2) is 5.58 Å². The van der Waals surface area contributed by atoms with Crippen LogP contribution < -0.4 is 10.1 Å². The van der Waals surface area contributed by atoms with Crippen LogP contribution in [0.15, 0.2) is 64.5 Å². The van der Waals surface area contributed by atoms with Gasteiger partial charge >= 0.3 is 0 Å². The summed E-state index contributed by atoms with van der Waals surface area (Å²) in [5.74, 6) is 0.689. The maximum atomic E-state index is 10.7. The van der Waals surface area contributed by atoms with E-state index >= 15 is 0 Å². The number of hydrogen-bond donors (Lipinski definition) is 2. The van der Waals surface area contributed by atoms with Crippen LogP contribution in [0.3, 0.4) is 0 Å². The third-order valence-corrected chi connectivity index (χ3v) is 5.59. The van der Waals surface area contributed by atoms with E-state index < -0.39 is 5.60 Å². The molecular weight excluding hydrogens is 384 g/mol. The number of aliphatic hydroxyl groups is 1. The lowest BCUT2D eigenvalue weighted by Crippen LogP contribution is -2.42. The largest absolute Gasteiger partial charge is 0.491 e. The number of ether oxygens (including phenoxy) is 1. The molecule has 0 bridgehead atoms. The van der Waals surface area contributed by atoms with Crippen molar-refractivity contribution in [3.8, 4) is 17.0 Å². The lowest BCUT2D eigenvalue weighted by atomic mass is 10.1. The first-order valence-corrected chi connectivity index (χ1v) is 10.4. The molecule has 1 atom stereocenters. The lowest BCUT2D eigenvalue weighted by molar-refractivity contribution is 0.0121. The topological polar surface area (TPSA) is 67.5 Å². The first-order valence-electron chi connectivity index (χ1n) is 9.55. The summed E-state index contributed by atoms with van der Waals surface area (Å²) in [5, 5.41) is 20.1. The number of nitrogens with one attached hydrogen (secondary N) is 1. The average Bonchev–Trinajstić information content (AvgIpc) is 3.32. The van der Waals surface area contributed by atoms with E-state index in [1.807, 2.05) is 35.7 Å². The fourth-order valence-electron chi connectivity index (χ4n) is 3.07. The molecule has 0 aliphatic carbocycles. The van der Waals surface area contributed by atoms with Crippen molar-refractivity contribution in [1.82, 2.24) is 10.5 Å². The Bertz CT molecular complexity index is 1080. The molecular formula is C23H24N2O3S. The van der Waals surface area contributed by atoms with Crippen LogP contribution >= 0.6 is 11.3 Å². The van der Waals surface area contributed by atoms with Crippen molar-refractivity contribution in [3.63, 3.8) is 0 Å². The second kappa shape index (κ2) is 8.37. The fraction of sp³-hybridized carbons (Fsp3) is 0.261. The summed E-state index contributed by atoms with van der Waals surface area (Å²) in [6, 6.07) is 18.0. The fourth-order valence-corrected chi connectivity index (χ4v) is 3.88. The standard InChI is InChI=1S/C23H24N2O3S/c1-16-6-8-17(9-7-16)13-24-14-23(2,26)15-27-19-5-3-4-18(12-19)21-22-20(28-25-21)10-11-29-22/h3-12,24,26H,13-15H2,1-2H3/t23-/m0/s1. The van der Waals surface area contributed by atoms with Gasteiger partial charge in [0.1, 0.15) is 28.4 Å². The second-order valence-corrected chi connectivity index (χ2v) is 8.46. The van der Waals surface area contributed by atoms with E-state index in [9.17, 15) is 5.11 Å². The van der Waals surface area contributed by atoms with E-state index in [-0.39, 0.29) is 6.61 Å². The predicted octanol–water partition coefficient (Wildman–Crippen LogP) is 4.78. The number of aromatic nitrogens is 1. The van der Waals surface area contributed by atoms with Gasteiger partial charge in [-0.05, 0) is 43.0 Å². The third-order valence-electron chi connectivity index (χ3n) is 4.69. The Balaban J connectivity index is 1.34. The van der Waals surface area contributed by atoms with Crippen LogP contribution in [-0.2, 0) is 6.54 Å². The van der Waals surface area contributed by atoms with Crippen LogP contribution in [0.25, 0.3) is 21.5 Å². The molecule has 150 valence electrons. The first-order chi connectivity index (χ1) is 14.0. The number of fused-ring (bicyclic) bond motifs is 1. The Morgan fingerprint density at radius 2 is 2.00 bits per heavy atom. The molecule has 29 heavy (non-hydrogen) atoms. The van der Waals surface area contributed by atoms with E-state index in [0.29, 0.717) is 18.8 Å². The SMILES string of the molecule is Cc1ccc(CNC[C@](C)(O)COc2cccc(-c3noc4ccsc34)c2)cc1. The number of aryl methyl sites for hydroxylation is 1. The average molecular weight is 409 g/mol. The Hall–Kier alpha value is -2.67. The molecule has 6 heteroatoms. The van der Waals surface area contributed by atoms with Crippen molar-refractivity contribution >= 4 is 21.6 Å². The molecule has 0 aliphatic heterocycles. The van der Waals surface area contributed by atoms with Gasteiger partial charge in [0.05, 0.1) is 0 Å². The molecule has 0 spiro atoms. The molecule has 2 aromatic carbocycles. The number of thiophene rings is 1. The summed E-state index contributed by atoms with van der Waals surface area (Å²) in [7, 11) is 0. The van der Waals surface area contributed by atoms with Crippen molar-refractivity contribution in [2.45, 2.75) is 26.0 Å². The van der Waals surface area contributed by atoms with Gasteiger partial charge in [0.2, 0.25) is 0 Å². The molecule has 0 fully saturated rings. The highest BCUT2D eigenvalue weighted by atomic mass is 32.1. The van der Waals surface area contributed by atoms with Gasteiger partial charge in [-0.15, -0.1) is 11.3 Å². The Labute approximate surface area is 173 Å². The van der Waals surface area contributed by atoms with E-state index in [4.69, 9.17) is 9.26 Å². The maximum Gasteiger partial charge on any atom is 0.178 e. The lowest BCUT2D eigenvalue weighted by Gasteiger charge is -2.24. The smallest absolute Gasteiger partial charge is 0.178 e. The number of rotatable bonds is 8. The van der Waals surface area contributed by atoms with Crippen molar-refractivity contribution in [2.24, 2.45) is 0 Å². The molecule has 0 amide bonds. The minimum absolute atomic E-state index is 0.185. The summed E-state index contributed by atoms with van der Waals surface area (Å²) >= 11 is 1.60. The normalized spacial score (nSPS) is 13.5. The van der Waals surface area contributed by atoms with Gasteiger partial charge < -0.3 is 19.7 Å². The Morgan fingerprint density at radius 1 is 1.17 bits per heavy atom. The van der Waals surface area contributed by atoms with Gasteiger partial charge in [-0.25, -0.2) is 0 Å². The molecule has 5 nitrogen and oxygen atoms in total. The number of benzene rings is 2. The molecule has 2 aromatic heterocycles.